The monoisotopic (exact) mass is 505 g/mol. The van der Waals surface area contributed by atoms with Gasteiger partial charge in [0, 0.05) is 34.5 Å². The van der Waals surface area contributed by atoms with Crippen LogP contribution in [0.25, 0.3) is 10.9 Å². The number of carbonyl (C=O) groups excluding carboxylic acids is 3. The molecule has 2 aromatic carbocycles. The van der Waals surface area contributed by atoms with Gasteiger partial charge in [-0.3, -0.25) is 14.4 Å². The van der Waals surface area contributed by atoms with Crippen LogP contribution in [-0.2, 0) is 6.54 Å². The molecule has 8 N–H and O–H groups in total. The molecule has 0 atom stereocenters. The lowest BCUT2D eigenvalue weighted by Crippen LogP contribution is -2.30. The highest BCUT2D eigenvalue weighted by atomic mass is 32.2. The third kappa shape index (κ3) is 5.29. The lowest BCUT2D eigenvalue weighted by Gasteiger charge is -2.10. The molecule has 4 rings (SSSR count). The molecule has 0 spiro atoms. The molecule has 0 bridgehead atoms. The molecule has 0 aliphatic carbocycles. The number of fused-ring (bicyclic) bond motifs is 1. The van der Waals surface area contributed by atoms with Crippen LogP contribution >= 0.6 is 11.8 Å². The van der Waals surface area contributed by atoms with Crippen molar-refractivity contribution >= 4 is 46.2 Å². The molecule has 36 heavy (non-hydrogen) atoms. The first-order valence-corrected chi connectivity index (χ1v) is 11.7. The van der Waals surface area contributed by atoms with Crippen molar-refractivity contribution in [1.29, 1.82) is 0 Å². The van der Waals surface area contributed by atoms with Gasteiger partial charge in [-0.2, -0.15) is 0 Å². The second-order valence-corrected chi connectivity index (χ2v) is 8.65. The van der Waals surface area contributed by atoms with E-state index in [1.807, 2.05) is 24.3 Å². The second kappa shape index (κ2) is 10.9. The number of hydrogen-bond donors (Lipinski definition) is 6. The van der Waals surface area contributed by atoms with E-state index in [-0.39, 0.29) is 36.9 Å². The summed E-state index contributed by atoms with van der Waals surface area (Å²) in [7, 11) is 0. The van der Waals surface area contributed by atoms with E-state index in [9.17, 15) is 14.4 Å². The Bertz CT molecular complexity index is 1450. The van der Waals surface area contributed by atoms with Gasteiger partial charge in [0.05, 0.1) is 18.4 Å². The van der Waals surface area contributed by atoms with Crippen molar-refractivity contribution in [3.8, 4) is 0 Å². The van der Waals surface area contributed by atoms with E-state index < -0.39 is 17.7 Å². The molecule has 4 aromatic rings. The van der Waals surface area contributed by atoms with Gasteiger partial charge >= 0.3 is 0 Å². The summed E-state index contributed by atoms with van der Waals surface area (Å²) in [4.78, 5) is 49.3. The molecule has 184 valence electrons. The van der Waals surface area contributed by atoms with Crippen molar-refractivity contribution in [2.24, 2.45) is 5.73 Å². The molecule has 3 amide bonds. The van der Waals surface area contributed by atoms with Crippen LogP contribution in [0.2, 0.25) is 0 Å². The third-order valence-corrected chi connectivity index (χ3v) is 6.21. The number of hydrogen-bond acceptors (Lipinski definition) is 8. The largest absolute Gasteiger partial charge is 0.395 e. The van der Waals surface area contributed by atoms with Gasteiger partial charge in [0.1, 0.15) is 10.7 Å². The zero-order valence-electron chi connectivity index (χ0n) is 18.9. The van der Waals surface area contributed by atoms with Crippen molar-refractivity contribution in [2.75, 3.05) is 18.9 Å². The molecule has 0 aliphatic rings. The minimum Gasteiger partial charge on any atom is -0.395 e. The molecule has 2 aromatic heterocycles. The quantitative estimate of drug-likeness (QED) is 0.197. The Morgan fingerprint density at radius 2 is 1.78 bits per heavy atom. The summed E-state index contributed by atoms with van der Waals surface area (Å²) in [6, 6.07) is 14.1. The Morgan fingerprint density at radius 1 is 1.03 bits per heavy atom. The van der Waals surface area contributed by atoms with E-state index in [0.717, 1.165) is 22.7 Å². The Kier molecular flexibility index (Phi) is 7.47. The summed E-state index contributed by atoms with van der Waals surface area (Å²) in [6.07, 6.45) is 1.40. The highest BCUT2D eigenvalue weighted by molar-refractivity contribution is 7.99. The van der Waals surface area contributed by atoms with E-state index in [1.54, 1.807) is 24.3 Å². The summed E-state index contributed by atoms with van der Waals surface area (Å²) in [5, 5.41) is 15.5. The molecular weight excluding hydrogens is 482 g/mol. The van der Waals surface area contributed by atoms with Crippen molar-refractivity contribution in [3.05, 3.63) is 77.2 Å². The van der Waals surface area contributed by atoms with Crippen molar-refractivity contribution in [3.63, 3.8) is 0 Å². The molecule has 0 aliphatic heterocycles. The van der Waals surface area contributed by atoms with Crippen LogP contribution < -0.4 is 22.1 Å². The fraction of sp³-hybridized carbons (Fsp3) is 0.125. The number of aromatic nitrogens is 3. The number of primary amides is 1. The van der Waals surface area contributed by atoms with Gasteiger partial charge in [-0.25, -0.2) is 9.97 Å². The maximum atomic E-state index is 13.0. The summed E-state index contributed by atoms with van der Waals surface area (Å²) in [5.74, 6) is -1.65. The number of aliphatic hydroxyl groups is 1. The van der Waals surface area contributed by atoms with Crippen LogP contribution in [0, 0.1) is 0 Å². The van der Waals surface area contributed by atoms with E-state index in [4.69, 9.17) is 16.6 Å². The maximum Gasteiger partial charge on any atom is 0.274 e. The van der Waals surface area contributed by atoms with Crippen LogP contribution in [0.5, 0.6) is 0 Å². The number of nitrogens with zero attached hydrogens (tertiary/aromatic N) is 2. The minimum absolute atomic E-state index is 0.00766. The number of aromatic amines is 1. The Morgan fingerprint density at radius 3 is 2.56 bits per heavy atom. The summed E-state index contributed by atoms with van der Waals surface area (Å²) in [5.41, 5.74) is 13.2. The van der Waals surface area contributed by atoms with E-state index >= 15 is 0 Å². The van der Waals surface area contributed by atoms with Gasteiger partial charge < -0.3 is 32.2 Å². The molecule has 0 saturated carbocycles. The Labute approximate surface area is 209 Å². The number of anilines is 1. The van der Waals surface area contributed by atoms with E-state index in [1.165, 1.54) is 6.20 Å². The molecule has 11 nitrogen and oxygen atoms in total. The lowest BCUT2D eigenvalue weighted by atomic mass is 10.1. The van der Waals surface area contributed by atoms with Crippen LogP contribution in [0.15, 0.2) is 64.6 Å². The van der Waals surface area contributed by atoms with Crippen LogP contribution in [0.3, 0.4) is 0 Å². The van der Waals surface area contributed by atoms with Gasteiger partial charge in [0.2, 0.25) is 5.91 Å². The summed E-state index contributed by atoms with van der Waals surface area (Å²) >= 11 is 1.13. The number of nitrogens with two attached hydrogens (primary N) is 2. The standard InChI is InChI=1S/C24H23N7O4S/c25-21-20(31-18(12-28-21)36-17-8-4-2-6-14(17)22(26)33)24(35)29-11-15-13-5-1-3-7-16(13)30-19(15)23(34)27-9-10-32/h1-8,12,30,32H,9-11H2,(H2,25,28)(H2,26,33)(H,27,34)(H,29,35). The van der Waals surface area contributed by atoms with Crippen molar-refractivity contribution < 1.29 is 19.5 Å². The first-order chi connectivity index (χ1) is 17.4. The number of rotatable bonds is 9. The van der Waals surface area contributed by atoms with Crippen LogP contribution in [0.4, 0.5) is 5.82 Å². The number of H-pyrrole nitrogens is 1. The average molecular weight is 506 g/mol. The van der Waals surface area contributed by atoms with Crippen molar-refractivity contribution in [2.45, 2.75) is 16.5 Å². The number of nitrogen functional groups attached to an aromatic ring is 1. The minimum atomic E-state index is -0.586. The zero-order chi connectivity index (χ0) is 25.7. The van der Waals surface area contributed by atoms with Gasteiger partial charge in [0.25, 0.3) is 11.8 Å². The topological polar surface area (TPSA) is 189 Å². The van der Waals surface area contributed by atoms with Crippen molar-refractivity contribution in [1.82, 2.24) is 25.6 Å². The number of carbonyl (C=O) groups is 3. The molecule has 0 fully saturated rings. The van der Waals surface area contributed by atoms with Gasteiger partial charge in [0.15, 0.2) is 11.5 Å². The van der Waals surface area contributed by atoms with Crippen LogP contribution in [-0.4, -0.2) is 50.9 Å². The predicted molar refractivity (Wildman–Crippen MR) is 134 cm³/mol. The second-order valence-electron chi connectivity index (χ2n) is 7.59. The number of para-hydroxylation sites is 1. The first-order valence-electron chi connectivity index (χ1n) is 10.8. The van der Waals surface area contributed by atoms with Gasteiger partial charge in [-0.15, -0.1) is 0 Å². The fourth-order valence-electron chi connectivity index (χ4n) is 3.56. The van der Waals surface area contributed by atoms with Gasteiger partial charge in [-0.1, -0.05) is 42.1 Å². The third-order valence-electron chi connectivity index (χ3n) is 5.22. The molecule has 0 radical (unpaired) electrons. The fourth-order valence-corrected chi connectivity index (χ4v) is 4.45. The van der Waals surface area contributed by atoms with E-state index in [2.05, 4.69) is 25.6 Å². The zero-order valence-corrected chi connectivity index (χ0v) is 19.8. The predicted octanol–water partition coefficient (Wildman–Crippen LogP) is 1.44. The normalized spacial score (nSPS) is 10.8. The maximum absolute atomic E-state index is 13.0. The molecule has 0 unspecified atom stereocenters. The molecule has 12 heteroatoms. The summed E-state index contributed by atoms with van der Waals surface area (Å²) < 4.78 is 0. The van der Waals surface area contributed by atoms with Crippen LogP contribution in [0.1, 0.15) is 36.9 Å². The Balaban J connectivity index is 1.57. The molecule has 0 saturated heterocycles. The summed E-state index contributed by atoms with van der Waals surface area (Å²) in [6.45, 7) is -0.0998. The number of nitrogens with one attached hydrogen (secondary N) is 3. The SMILES string of the molecule is NC(=O)c1ccccc1Sc1cnc(N)c(C(=O)NCc2c(C(=O)NCCO)[nH]c3ccccc23)n1. The van der Waals surface area contributed by atoms with Gasteiger partial charge in [-0.05, 0) is 18.2 Å². The smallest absolute Gasteiger partial charge is 0.274 e. The average Bonchev–Trinajstić information content (AvgIpc) is 3.26. The number of benzene rings is 2. The Hall–Kier alpha value is -4.42. The number of amides is 3. The first kappa shape index (κ1) is 24.7. The van der Waals surface area contributed by atoms with E-state index in [0.29, 0.717) is 21.0 Å². The molecular formula is C24H23N7O4S. The molecule has 2 heterocycles. The lowest BCUT2D eigenvalue weighted by molar-refractivity contribution is 0.0927. The number of aliphatic hydroxyl groups excluding tert-OH is 1. The highest BCUT2D eigenvalue weighted by Gasteiger charge is 2.20. The highest BCUT2D eigenvalue weighted by Crippen LogP contribution is 2.29.